The number of fused-ring (bicyclic) bond motifs is 1. The maximum Gasteiger partial charge on any atom is 0.254 e. The molecule has 120 valence electrons. The van der Waals surface area contributed by atoms with Crippen LogP contribution in [0.25, 0.3) is 22.0 Å². The van der Waals surface area contributed by atoms with Crippen LogP contribution in [0.1, 0.15) is 5.69 Å². The number of benzene rings is 2. The molecule has 3 rings (SSSR count). The van der Waals surface area contributed by atoms with Crippen LogP contribution in [0.4, 0.5) is 0 Å². The Bertz CT molecular complexity index is 836. The van der Waals surface area contributed by atoms with E-state index in [0.717, 1.165) is 27.7 Å². The van der Waals surface area contributed by atoms with E-state index in [1.54, 1.807) is 18.9 Å². The normalized spacial score (nSPS) is 10.2. The van der Waals surface area contributed by atoms with Crippen LogP contribution in [0.3, 0.4) is 0 Å². The summed E-state index contributed by atoms with van der Waals surface area (Å²) in [7, 11) is 3.28. The zero-order chi connectivity index (χ0) is 15.7. The van der Waals surface area contributed by atoms with E-state index in [0.29, 0.717) is 11.5 Å². The fourth-order valence-electron chi connectivity index (χ4n) is 2.78. The molecule has 0 aliphatic carbocycles. The number of nitrogens with two attached hydrogens (primary N) is 1. The van der Waals surface area contributed by atoms with E-state index in [1.165, 1.54) is 0 Å². The largest absolute Gasteiger partial charge is 1.00 e. The number of aromatic nitrogens is 1. The number of rotatable bonds is 3. The van der Waals surface area contributed by atoms with E-state index < -0.39 is 0 Å². The van der Waals surface area contributed by atoms with Crippen molar-refractivity contribution in [3.05, 3.63) is 54.2 Å². The number of hydrogen-bond acceptors (Lipinski definition) is 3. The summed E-state index contributed by atoms with van der Waals surface area (Å²) in [6.45, 7) is 1.99. The van der Waals surface area contributed by atoms with Gasteiger partial charge in [0.05, 0.1) is 14.2 Å². The Kier molecular flexibility index (Phi) is 4.96. The van der Waals surface area contributed by atoms with Crippen molar-refractivity contribution in [1.82, 2.24) is 0 Å². The molecule has 1 heterocycles. The predicted molar refractivity (Wildman–Crippen MR) is 87.6 cm³/mol. The monoisotopic (exact) mass is 330 g/mol. The molecule has 0 radical (unpaired) electrons. The third-order valence-electron chi connectivity index (χ3n) is 3.85. The van der Waals surface area contributed by atoms with Crippen LogP contribution in [-0.4, -0.2) is 14.2 Å². The summed E-state index contributed by atoms with van der Waals surface area (Å²) in [5, 5.41) is 2.01. The molecule has 2 N–H and O–H groups in total. The van der Waals surface area contributed by atoms with Gasteiger partial charge in [0, 0.05) is 18.6 Å². The highest BCUT2D eigenvalue weighted by Gasteiger charge is 2.24. The van der Waals surface area contributed by atoms with Gasteiger partial charge in [0.1, 0.15) is 5.39 Å². The van der Waals surface area contributed by atoms with Gasteiger partial charge in [-0.15, -0.1) is 0 Å². The highest BCUT2D eigenvalue weighted by atomic mass is 35.5. The van der Waals surface area contributed by atoms with Gasteiger partial charge >= 0.3 is 0 Å². The Morgan fingerprint density at radius 1 is 0.957 bits per heavy atom. The van der Waals surface area contributed by atoms with Crippen molar-refractivity contribution in [3.63, 3.8) is 0 Å². The molecule has 0 unspecified atom stereocenters. The van der Waals surface area contributed by atoms with E-state index in [9.17, 15) is 0 Å². The Labute approximate surface area is 141 Å². The number of nitrogen functional groups attached to an aromatic ring is 1. The van der Waals surface area contributed by atoms with E-state index >= 15 is 0 Å². The number of hydrogen-bond donors (Lipinski definition) is 1. The minimum Gasteiger partial charge on any atom is -1.00 e. The van der Waals surface area contributed by atoms with Crippen LogP contribution in [0, 0.1) is 6.92 Å². The summed E-state index contributed by atoms with van der Waals surface area (Å²) in [6, 6.07) is 16.0. The van der Waals surface area contributed by atoms with E-state index in [1.807, 2.05) is 55.5 Å². The first kappa shape index (κ1) is 16.9. The van der Waals surface area contributed by atoms with Gasteiger partial charge < -0.3 is 21.9 Å². The summed E-state index contributed by atoms with van der Waals surface area (Å²) >= 11 is 0. The number of ether oxygens (including phenoxy) is 2. The van der Waals surface area contributed by atoms with Crippen LogP contribution < -0.4 is 32.4 Å². The molecule has 0 aliphatic rings. The average molecular weight is 331 g/mol. The minimum atomic E-state index is 0. The summed E-state index contributed by atoms with van der Waals surface area (Å²) < 4.78 is 12.7. The highest BCUT2D eigenvalue weighted by Crippen LogP contribution is 2.39. The second-order valence-electron chi connectivity index (χ2n) is 5.14. The number of halogens is 1. The standard InChI is InChI=1S/C18H19N2O2.ClH/c1-12-11-14-9-10-15(21-2)18(22-3)16(14)17(20(12)19)13-7-5-4-6-8-13;/h4-11H,19H2,1-3H3;1H/q+1;/p-1. The number of nitrogens with zero attached hydrogens (tertiary/aromatic N) is 1. The fourth-order valence-corrected chi connectivity index (χ4v) is 2.78. The second kappa shape index (κ2) is 6.75. The molecule has 23 heavy (non-hydrogen) atoms. The molecule has 4 nitrogen and oxygen atoms in total. The molecule has 0 aliphatic heterocycles. The SMILES string of the molecule is COc1ccc2cc(C)[n+](N)c(-c3ccccc3)c2c1OC.[Cl-]. The van der Waals surface area contributed by atoms with Crippen molar-refractivity contribution in [2.75, 3.05) is 20.1 Å². The number of pyridine rings is 1. The summed E-state index contributed by atoms with van der Waals surface area (Å²) in [5.41, 5.74) is 2.91. The predicted octanol–water partition coefficient (Wildman–Crippen LogP) is -0.162. The van der Waals surface area contributed by atoms with Gasteiger partial charge in [-0.05, 0) is 29.7 Å². The molecular formula is C18H19ClN2O2. The Morgan fingerprint density at radius 2 is 1.65 bits per heavy atom. The van der Waals surface area contributed by atoms with Crippen molar-refractivity contribution in [2.24, 2.45) is 0 Å². The molecule has 0 amide bonds. The van der Waals surface area contributed by atoms with Crippen molar-refractivity contribution in [2.45, 2.75) is 6.92 Å². The molecule has 0 fully saturated rings. The lowest BCUT2D eigenvalue weighted by Crippen LogP contribution is -3.00. The number of methoxy groups -OCH3 is 2. The van der Waals surface area contributed by atoms with E-state index in [2.05, 4.69) is 0 Å². The molecule has 0 saturated carbocycles. The summed E-state index contributed by atoms with van der Waals surface area (Å²) in [5.74, 6) is 7.70. The fraction of sp³-hybridized carbons (Fsp3) is 0.167. The maximum absolute atomic E-state index is 6.32. The van der Waals surface area contributed by atoms with Gasteiger partial charge in [-0.2, -0.15) is 0 Å². The van der Waals surface area contributed by atoms with Crippen LogP contribution >= 0.6 is 0 Å². The third kappa shape index (κ3) is 2.78. The van der Waals surface area contributed by atoms with Gasteiger partial charge in [0.15, 0.2) is 11.5 Å². The van der Waals surface area contributed by atoms with Crippen molar-refractivity contribution >= 4 is 10.8 Å². The quantitative estimate of drug-likeness (QED) is 0.536. The zero-order valence-electron chi connectivity index (χ0n) is 13.3. The lowest BCUT2D eigenvalue weighted by molar-refractivity contribution is -0.632. The molecule has 2 aromatic carbocycles. The van der Waals surface area contributed by atoms with Gasteiger partial charge in [-0.3, -0.25) is 0 Å². The van der Waals surface area contributed by atoms with Gasteiger partial charge in [-0.25, -0.2) is 5.84 Å². The average Bonchev–Trinajstić information content (AvgIpc) is 2.56. The zero-order valence-corrected chi connectivity index (χ0v) is 14.1. The van der Waals surface area contributed by atoms with Crippen LogP contribution in [0.2, 0.25) is 0 Å². The maximum atomic E-state index is 6.32. The van der Waals surface area contributed by atoms with Crippen LogP contribution in [-0.2, 0) is 0 Å². The molecule has 1 aromatic heterocycles. The van der Waals surface area contributed by atoms with Gasteiger partial charge in [0.25, 0.3) is 5.69 Å². The smallest absolute Gasteiger partial charge is 0.254 e. The lowest BCUT2D eigenvalue weighted by atomic mass is 10.0. The highest BCUT2D eigenvalue weighted by molar-refractivity contribution is 5.99. The summed E-state index contributed by atoms with van der Waals surface area (Å²) in [4.78, 5) is 0. The van der Waals surface area contributed by atoms with Crippen LogP contribution in [0.5, 0.6) is 11.5 Å². The van der Waals surface area contributed by atoms with E-state index in [-0.39, 0.29) is 12.4 Å². The first-order valence-electron chi connectivity index (χ1n) is 7.08. The first-order valence-corrected chi connectivity index (χ1v) is 7.08. The minimum absolute atomic E-state index is 0. The van der Waals surface area contributed by atoms with Crippen molar-refractivity contribution in [3.8, 4) is 22.8 Å². The molecule has 0 atom stereocenters. The molecule has 3 aromatic rings. The Hall–Kier alpha value is -2.46. The number of aryl methyl sites for hydroxylation is 1. The second-order valence-corrected chi connectivity index (χ2v) is 5.14. The topological polar surface area (TPSA) is 48.4 Å². The molecular weight excluding hydrogens is 312 g/mol. The van der Waals surface area contributed by atoms with Gasteiger partial charge in [0.2, 0.25) is 5.69 Å². The lowest BCUT2D eigenvalue weighted by Gasteiger charge is -2.13. The first-order chi connectivity index (χ1) is 10.7. The molecule has 0 saturated heterocycles. The molecule has 0 spiro atoms. The van der Waals surface area contributed by atoms with E-state index in [4.69, 9.17) is 15.3 Å². The molecule has 5 heteroatoms. The summed E-state index contributed by atoms with van der Waals surface area (Å²) in [6.07, 6.45) is 0. The molecule has 0 bridgehead atoms. The van der Waals surface area contributed by atoms with Crippen LogP contribution in [0.15, 0.2) is 48.5 Å². The van der Waals surface area contributed by atoms with Crippen molar-refractivity contribution in [1.29, 1.82) is 0 Å². The Balaban J connectivity index is 0.00000192. The Morgan fingerprint density at radius 3 is 2.26 bits per heavy atom. The third-order valence-corrected chi connectivity index (χ3v) is 3.85. The van der Waals surface area contributed by atoms with Gasteiger partial charge in [-0.1, -0.05) is 22.9 Å². The van der Waals surface area contributed by atoms with Crippen molar-refractivity contribution < 1.29 is 26.6 Å².